The molecule has 2 aromatic rings. The number of nitrogens with zero attached hydrogens (tertiary/aromatic N) is 1. The van der Waals surface area contributed by atoms with Gasteiger partial charge in [-0.3, -0.25) is 4.79 Å². The van der Waals surface area contributed by atoms with Crippen molar-refractivity contribution in [1.82, 2.24) is 15.2 Å². The van der Waals surface area contributed by atoms with E-state index in [9.17, 15) is 9.90 Å². The third-order valence-corrected chi connectivity index (χ3v) is 5.03. The molecule has 0 aliphatic carbocycles. The van der Waals surface area contributed by atoms with Crippen molar-refractivity contribution in [2.45, 2.75) is 31.8 Å². The van der Waals surface area contributed by atoms with Crippen molar-refractivity contribution in [2.24, 2.45) is 0 Å². The number of aromatic nitrogens is 1. The van der Waals surface area contributed by atoms with E-state index >= 15 is 0 Å². The van der Waals surface area contributed by atoms with Crippen LogP contribution in [-0.2, 0) is 22.5 Å². The topological polar surface area (TPSA) is 77.6 Å². The second-order valence-electron chi connectivity index (χ2n) is 7.01. The van der Waals surface area contributed by atoms with Gasteiger partial charge in [-0.25, -0.2) is 0 Å². The van der Waals surface area contributed by atoms with Gasteiger partial charge in [0, 0.05) is 60.9 Å². The number of amides is 1. The highest BCUT2D eigenvalue weighted by molar-refractivity contribution is 5.86. The highest BCUT2D eigenvalue weighted by Gasteiger charge is 2.27. The molecule has 1 amide bonds. The van der Waals surface area contributed by atoms with Gasteiger partial charge in [0.05, 0.1) is 13.2 Å². The fraction of sp³-hybridized carbons (Fsp3) is 0.526. The largest absolute Gasteiger partial charge is 0.396 e. The van der Waals surface area contributed by atoms with Crippen molar-refractivity contribution < 1.29 is 14.6 Å². The Hall–Kier alpha value is -1.89. The molecule has 25 heavy (non-hydrogen) atoms. The predicted octanol–water partition coefficient (Wildman–Crippen LogP) is 1.43. The molecule has 1 atom stereocenters. The minimum absolute atomic E-state index is 0.0590. The summed E-state index contributed by atoms with van der Waals surface area (Å²) in [5, 5.41) is 13.7. The monoisotopic (exact) mass is 345 g/mol. The summed E-state index contributed by atoms with van der Waals surface area (Å²) >= 11 is 0. The Morgan fingerprint density at radius 2 is 2.24 bits per heavy atom. The van der Waals surface area contributed by atoms with E-state index in [-0.39, 0.29) is 19.1 Å². The van der Waals surface area contributed by atoms with E-state index in [0.29, 0.717) is 19.6 Å². The molecule has 0 radical (unpaired) electrons. The molecule has 0 fully saturated rings. The predicted molar refractivity (Wildman–Crippen MR) is 97.4 cm³/mol. The van der Waals surface area contributed by atoms with E-state index in [0.717, 1.165) is 18.5 Å². The van der Waals surface area contributed by atoms with Crippen LogP contribution in [0.1, 0.15) is 24.6 Å². The molecular formula is C19H27N3O3. The molecule has 136 valence electrons. The molecule has 0 saturated heterocycles. The molecule has 0 saturated carbocycles. The van der Waals surface area contributed by atoms with Crippen molar-refractivity contribution in [3.8, 4) is 0 Å². The van der Waals surface area contributed by atoms with Crippen molar-refractivity contribution in [2.75, 3.05) is 33.4 Å². The van der Waals surface area contributed by atoms with Gasteiger partial charge in [-0.1, -0.05) is 18.2 Å². The number of para-hydroxylation sites is 1. The minimum Gasteiger partial charge on any atom is -0.396 e. The van der Waals surface area contributed by atoms with Crippen molar-refractivity contribution >= 4 is 16.8 Å². The number of carbonyl (C=O) groups is 1. The van der Waals surface area contributed by atoms with E-state index in [4.69, 9.17) is 4.74 Å². The Morgan fingerprint density at radius 3 is 3.00 bits per heavy atom. The van der Waals surface area contributed by atoms with Gasteiger partial charge in [-0.2, -0.15) is 0 Å². The normalized spacial score (nSPS) is 16.7. The summed E-state index contributed by atoms with van der Waals surface area (Å²) in [7, 11) is 1.63. The Morgan fingerprint density at radius 1 is 1.44 bits per heavy atom. The van der Waals surface area contributed by atoms with E-state index in [2.05, 4.69) is 22.4 Å². The number of aliphatic hydroxyl groups is 1. The molecule has 1 aromatic heterocycles. The van der Waals surface area contributed by atoms with Gasteiger partial charge >= 0.3 is 0 Å². The number of carbonyl (C=O) groups excluding carboxylic acids is 1. The fourth-order valence-electron chi connectivity index (χ4n) is 3.56. The van der Waals surface area contributed by atoms with E-state index in [1.54, 1.807) is 7.11 Å². The zero-order valence-electron chi connectivity index (χ0n) is 15.0. The lowest BCUT2D eigenvalue weighted by molar-refractivity contribution is -0.131. The number of hydrogen-bond donors (Lipinski definition) is 3. The molecule has 1 aliphatic rings. The SMILES string of the molecule is COCC(C)(CCO)NCC(=O)N1CCc2[nH]c3ccccc3c2C1. The fourth-order valence-corrected chi connectivity index (χ4v) is 3.56. The summed E-state index contributed by atoms with van der Waals surface area (Å²) in [4.78, 5) is 18.0. The van der Waals surface area contributed by atoms with Crippen molar-refractivity contribution in [3.63, 3.8) is 0 Å². The first-order chi connectivity index (χ1) is 12.1. The molecule has 1 aromatic carbocycles. The third-order valence-electron chi connectivity index (χ3n) is 5.03. The molecule has 1 unspecified atom stereocenters. The number of aromatic amines is 1. The number of rotatable bonds is 7. The summed E-state index contributed by atoms with van der Waals surface area (Å²) in [6.07, 6.45) is 1.39. The molecule has 0 spiro atoms. The first-order valence-electron chi connectivity index (χ1n) is 8.77. The lowest BCUT2D eigenvalue weighted by atomic mass is 9.99. The second-order valence-corrected chi connectivity index (χ2v) is 7.01. The zero-order chi connectivity index (χ0) is 17.9. The molecule has 1 aliphatic heterocycles. The molecular weight excluding hydrogens is 318 g/mol. The van der Waals surface area contributed by atoms with Crippen LogP contribution in [0.4, 0.5) is 0 Å². The van der Waals surface area contributed by atoms with Crippen molar-refractivity contribution in [3.05, 3.63) is 35.5 Å². The Bertz CT molecular complexity index is 735. The van der Waals surface area contributed by atoms with Crippen LogP contribution >= 0.6 is 0 Å². The maximum absolute atomic E-state index is 12.7. The van der Waals surface area contributed by atoms with Crippen LogP contribution < -0.4 is 5.32 Å². The number of methoxy groups -OCH3 is 1. The average Bonchev–Trinajstić information content (AvgIpc) is 2.98. The van der Waals surface area contributed by atoms with E-state index in [1.165, 1.54) is 16.6 Å². The van der Waals surface area contributed by atoms with Gasteiger partial charge in [0.15, 0.2) is 0 Å². The second kappa shape index (κ2) is 7.56. The Balaban J connectivity index is 1.66. The van der Waals surface area contributed by atoms with Gasteiger partial charge < -0.3 is 25.0 Å². The number of benzene rings is 1. The quantitative estimate of drug-likeness (QED) is 0.709. The average molecular weight is 345 g/mol. The number of aliphatic hydroxyl groups excluding tert-OH is 1. The summed E-state index contributed by atoms with van der Waals surface area (Å²) in [6, 6.07) is 8.24. The molecule has 2 heterocycles. The minimum atomic E-state index is -0.402. The van der Waals surface area contributed by atoms with E-state index < -0.39 is 5.54 Å². The standard InChI is InChI=1S/C19H27N3O3/c1-19(8-10-23,13-25-2)20-11-18(24)22-9-7-17-15(12-22)14-5-3-4-6-16(14)21-17/h3-6,20-21,23H,7-13H2,1-2H3. The summed E-state index contributed by atoms with van der Waals surface area (Å²) in [5.74, 6) is 0.0798. The summed E-state index contributed by atoms with van der Waals surface area (Å²) in [6.45, 7) is 4.09. The molecule has 3 N–H and O–H groups in total. The lowest BCUT2D eigenvalue weighted by Gasteiger charge is -2.32. The first kappa shape index (κ1) is 17.9. The molecule has 0 bridgehead atoms. The maximum Gasteiger partial charge on any atom is 0.236 e. The van der Waals surface area contributed by atoms with Gasteiger partial charge in [0.25, 0.3) is 0 Å². The number of fused-ring (bicyclic) bond motifs is 3. The molecule has 6 heteroatoms. The third kappa shape index (κ3) is 3.86. The van der Waals surface area contributed by atoms with Gasteiger partial charge in [0.2, 0.25) is 5.91 Å². The molecule has 6 nitrogen and oxygen atoms in total. The number of ether oxygens (including phenoxy) is 1. The highest BCUT2D eigenvalue weighted by atomic mass is 16.5. The van der Waals surface area contributed by atoms with Crippen LogP contribution in [0.25, 0.3) is 10.9 Å². The van der Waals surface area contributed by atoms with Crippen molar-refractivity contribution in [1.29, 1.82) is 0 Å². The molecule has 3 rings (SSSR count). The Labute approximate surface area is 148 Å². The lowest BCUT2D eigenvalue weighted by Crippen LogP contribution is -2.51. The van der Waals surface area contributed by atoms with Crippen LogP contribution in [0.5, 0.6) is 0 Å². The van der Waals surface area contributed by atoms with Gasteiger partial charge in [0.1, 0.15) is 0 Å². The smallest absolute Gasteiger partial charge is 0.236 e. The zero-order valence-corrected chi connectivity index (χ0v) is 15.0. The Kier molecular flexibility index (Phi) is 5.42. The number of H-pyrrole nitrogens is 1. The van der Waals surface area contributed by atoms with Crippen LogP contribution in [-0.4, -0.2) is 59.8 Å². The van der Waals surface area contributed by atoms with Crippen LogP contribution in [0.2, 0.25) is 0 Å². The highest BCUT2D eigenvalue weighted by Crippen LogP contribution is 2.27. The van der Waals surface area contributed by atoms with E-state index in [1.807, 2.05) is 24.0 Å². The van der Waals surface area contributed by atoms with Gasteiger partial charge in [-0.15, -0.1) is 0 Å². The van der Waals surface area contributed by atoms with Crippen LogP contribution in [0, 0.1) is 0 Å². The first-order valence-corrected chi connectivity index (χ1v) is 8.77. The summed E-state index contributed by atoms with van der Waals surface area (Å²) < 4.78 is 5.22. The summed E-state index contributed by atoms with van der Waals surface area (Å²) in [5.41, 5.74) is 3.20. The van der Waals surface area contributed by atoms with Crippen LogP contribution in [0.3, 0.4) is 0 Å². The van der Waals surface area contributed by atoms with Gasteiger partial charge in [-0.05, 0) is 19.4 Å². The number of hydrogen-bond acceptors (Lipinski definition) is 4. The number of nitrogens with one attached hydrogen (secondary N) is 2. The van der Waals surface area contributed by atoms with Crippen LogP contribution in [0.15, 0.2) is 24.3 Å². The maximum atomic E-state index is 12.7.